The van der Waals surface area contributed by atoms with E-state index in [1.165, 1.54) is 42.2 Å². The van der Waals surface area contributed by atoms with Gasteiger partial charge in [0.15, 0.2) is 21.4 Å². The summed E-state index contributed by atoms with van der Waals surface area (Å²) in [5, 5.41) is 0.352. The summed E-state index contributed by atoms with van der Waals surface area (Å²) in [7, 11) is -4.26. The number of halogens is 3. The van der Waals surface area contributed by atoms with Gasteiger partial charge in [0.25, 0.3) is 5.56 Å². The van der Waals surface area contributed by atoms with Gasteiger partial charge in [0.1, 0.15) is 10.6 Å². The van der Waals surface area contributed by atoms with Crippen molar-refractivity contribution >= 4 is 33.2 Å². The van der Waals surface area contributed by atoms with Crippen molar-refractivity contribution in [2.75, 3.05) is 19.0 Å². The van der Waals surface area contributed by atoms with Gasteiger partial charge in [-0.25, -0.2) is 17.2 Å². The van der Waals surface area contributed by atoms with E-state index >= 15 is 4.39 Å². The summed E-state index contributed by atoms with van der Waals surface area (Å²) >= 11 is 7.29. The average Bonchev–Trinajstić information content (AvgIpc) is 2.87. The van der Waals surface area contributed by atoms with Gasteiger partial charge in [-0.2, -0.15) is 0 Å². The van der Waals surface area contributed by atoms with Gasteiger partial charge in [-0.05, 0) is 61.4 Å². The molecule has 0 amide bonds. The highest BCUT2D eigenvalue weighted by Gasteiger charge is 2.61. The maximum absolute atomic E-state index is 15.4. The first-order valence-electron chi connectivity index (χ1n) is 11.3. The summed E-state index contributed by atoms with van der Waals surface area (Å²) in [4.78, 5) is 15.1. The van der Waals surface area contributed by atoms with Crippen molar-refractivity contribution in [2.45, 2.75) is 33.5 Å². The van der Waals surface area contributed by atoms with E-state index in [-0.39, 0.29) is 41.4 Å². The predicted octanol–water partition coefficient (Wildman–Crippen LogP) is 4.96. The number of aromatic amines is 1. The number of nitrogens with one attached hydrogen (secondary N) is 1. The Labute approximate surface area is 215 Å². The maximum Gasteiger partial charge on any atom is 0.261 e. The first kappa shape index (κ1) is 25.3. The topological polar surface area (TPSA) is 85.5 Å². The third-order valence-corrected chi connectivity index (χ3v) is 10.7. The monoisotopic (exact) mass is 553 g/mol. The molecule has 2 aliphatic rings. The molecular formula is C25H22ClF2NO5S2. The van der Waals surface area contributed by atoms with Crippen LogP contribution in [0.3, 0.4) is 0 Å². The van der Waals surface area contributed by atoms with Crippen molar-refractivity contribution in [3.05, 3.63) is 87.3 Å². The van der Waals surface area contributed by atoms with Crippen molar-refractivity contribution in [3.8, 4) is 5.75 Å². The van der Waals surface area contributed by atoms with Crippen molar-refractivity contribution in [1.82, 2.24) is 4.98 Å². The molecule has 1 saturated heterocycles. The lowest BCUT2D eigenvalue weighted by Gasteiger charge is -2.50. The average molecular weight is 554 g/mol. The van der Waals surface area contributed by atoms with E-state index in [0.717, 1.165) is 12.1 Å². The van der Waals surface area contributed by atoms with Crippen LogP contribution in [-0.4, -0.2) is 38.5 Å². The lowest BCUT2D eigenvalue weighted by atomic mass is 9.75. The van der Waals surface area contributed by atoms with E-state index in [1.807, 2.05) is 0 Å². The van der Waals surface area contributed by atoms with Crippen LogP contribution in [0.4, 0.5) is 8.78 Å². The van der Waals surface area contributed by atoms with Gasteiger partial charge in [-0.15, -0.1) is 11.8 Å². The van der Waals surface area contributed by atoms with Gasteiger partial charge in [0, 0.05) is 29.5 Å². The first-order valence-corrected chi connectivity index (χ1v) is 14.1. The van der Waals surface area contributed by atoms with Crippen LogP contribution in [0, 0.1) is 17.6 Å². The number of hydrogen-bond donors (Lipinski definition) is 1. The fourth-order valence-corrected chi connectivity index (χ4v) is 8.54. The summed E-state index contributed by atoms with van der Waals surface area (Å²) in [5.41, 5.74) is -0.520. The number of H-pyrrole nitrogens is 1. The van der Waals surface area contributed by atoms with E-state index in [4.69, 9.17) is 21.1 Å². The van der Waals surface area contributed by atoms with Crippen LogP contribution >= 0.6 is 23.4 Å². The molecule has 11 heteroatoms. The number of sulfone groups is 1. The molecule has 0 spiro atoms. The van der Waals surface area contributed by atoms with Crippen molar-refractivity contribution in [2.24, 2.45) is 5.92 Å². The van der Waals surface area contributed by atoms with Crippen LogP contribution in [0.25, 0.3) is 0 Å². The minimum Gasteiger partial charge on any atom is -0.490 e. The van der Waals surface area contributed by atoms with Crippen LogP contribution in [0.15, 0.2) is 69.3 Å². The van der Waals surface area contributed by atoms with Crippen molar-refractivity contribution in [3.63, 3.8) is 0 Å². The largest absolute Gasteiger partial charge is 0.490 e. The minimum atomic E-state index is -4.26. The Morgan fingerprint density at radius 2 is 1.86 bits per heavy atom. The molecule has 3 aromatic rings. The molecular weight excluding hydrogens is 532 g/mol. The standard InChI is InChI=1S/C25H22ClF2NO5S2/c26-15-3-5-16(6-4-15)36(31,32)25-10-12-33-20(9-13-35-21-2-1-11-29-24(21)30)17(25)14-34-23-19(28)8-7-18(27)22(23)25/h1-8,11,17,20H,9-10,12-14H2,(H,29,30). The Morgan fingerprint density at radius 3 is 2.61 bits per heavy atom. The molecule has 3 unspecified atom stereocenters. The van der Waals surface area contributed by atoms with Gasteiger partial charge in [-0.1, -0.05) is 11.6 Å². The summed E-state index contributed by atoms with van der Waals surface area (Å²) in [6, 6.07) is 10.9. The smallest absolute Gasteiger partial charge is 0.261 e. The molecule has 3 atom stereocenters. The number of rotatable bonds is 6. The number of benzene rings is 2. The molecule has 0 aliphatic carbocycles. The number of ether oxygens (including phenoxy) is 2. The van der Waals surface area contributed by atoms with Crippen LogP contribution in [0.5, 0.6) is 5.75 Å². The summed E-state index contributed by atoms with van der Waals surface area (Å²) in [5.74, 6) is -2.42. The Bertz CT molecular complexity index is 1450. The fourth-order valence-electron chi connectivity index (χ4n) is 5.14. The zero-order valence-electron chi connectivity index (χ0n) is 18.9. The second-order valence-corrected chi connectivity index (χ2v) is 12.4. The summed E-state index contributed by atoms with van der Waals surface area (Å²) in [6.07, 6.45) is 1.21. The molecule has 1 fully saturated rings. The number of fused-ring (bicyclic) bond motifs is 3. The molecule has 2 aliphatic heterocycles. The van der Waals surface area contributed by atoms with Gasteiger partial charge < -0.3 is 14.5 Å². The van der Waals surface area contributed by atoms with Crippen LogP contribution in [0.1, 0.15) is 18.4 Å². The highest BCUT2D eigenvalue weighted by Crippen LogP contribution is 2.56. The predicted molar refractivity (Wildman–Crippen MR) is 132 cm³/mol. The highest BCUT2D eigenvalue weighted by molar-refractivity contribution is 7.99. The van der Waals surface area contributed by atoms with E-state index in [2.05, 4.69) is 4.98 Å². The third kappa shape index (κ3) is 4.13. The van der Waals surface area contributed by atoms with Gasteiger partial charge in [0.2, 0.25) is 0 Å². The molecule has 0 radical (unpaired) electrons. The number of thioether (sulfide) groups is 1. The van der Waals surface area contributed by atoms with Crippen LogP contribution in [0.2, 0.25) is 5.02 Å². The summed E-state index contributed by atoms with van der Waals surface area (Å²) in [6.45, 7) is -0.137. The second kappa shape index (κ2) is 9.81. The molecule has 190 valence electrons. The van der Waals surface area contributed by atoms with Crippen LogP contribution in [-0.2, 0) is 19.3 Å². The maximum atomic E-state index is 15.4. The molecule has 5 rings (SSSR count). The Kier molecular flexibility index (Phi) is 6.88. The normalized spacial score (nSPS) is 23.4. The van der Waals surface area contributed by atoms with E-state index < -0.39 is 38.2 Å². The van der Waals surface area contributed by atoms with Gasteiger partial charge in [-0.3, -0.25) is 4.79 Å². The van der Waals surface area contributed by atoms with E-state index in [9.17, 15) is 17.6 Å². The minimum absolute atomic E-state index is 0.0277. The van der Waals surface area contributed by atoms with Crippen molar-refractivity contribution in [1.29, 1.82) is 0 Å². The SMILES string of the molecule is O=c1[nH]cccc1SCCC1OCCC2(S(=O)(=O)c3ccc(Cl)cc3)c3c(F)ccc(F)c3OCC12. The molecule has 3 heterocycles. The highest BCUT2D eigenvalue weighted by atomic mass is 35.5. The molecule has 1 aromatic heterocycles. The van der Waals surface area contributed by atoms with Crippen molar-refractivity contribution < 1.29 is 26.7 Å². The molecule has 6 nitrogen and oxygen atoms in total. The van der Waals surface area contributed by atoms with Gasteiger partial charge in [0.05, 0.1) is 28.1 Å². The zero-order chi connectivity index (χ0) is 25.5. The van der Waals surface area contributed by atoms with E-state index in [0.29, 0.717) is 22.1 Å². The zero-order valence-corrected chi connectivity index (χ0v) is 21.3. The number of pyridine rings is 1. The molecule has 36 heavy (non-hydrogen) atoms. The molecule has 2 aromatic carbocycles. The molecule has 0 bridgehead atoms. The molecule has 1 N–H and O–H groups in total. The van der Waals surface area contributed by atoms with Crippen LogP contribution < -0.4 is 10.3 Å². The Hall–Kier alpha value is -2.40. The number of aromatic nitrogens is 1. The summed E-state index contributed by atoms with van der Waals surface area (Å²) < 4.78 is 68.6. The number of hydrogen-bond acceptors (Lipinski definition) is 6. The first-order chi connectivity index (χ1) is 17.3. The van der Waals surface area contributed by atoms with Gasteiger partial charge >= 0.3 is 0 Å². The molecule has 0 saturated carbocycles. The Morgan fingerprint density at radius 1 is 1.11 bits per heavy atom. The lowest BCUT2D eigenvalue weighted by molar-refractivity contribution is -0.0731. The third-order valence-electron chi connectivity index (χ3n) is 6.79. The fraction of sp³-hybridized carbons (Fsp3) is 0.320. The lowest BCUT2D eigenvalue weighted by Crippen LogP contribution is -2.57. The second-order valence-electron chi connectivity index (χ2n) is 8.66. The Balaban J connectivity index is 1.58. The van der Waals surface area contributed by atoms with E-state index in [1.54, 1.807) is 12.1 Å². The quantitative estimate of drug-likeness (QED) is 0.435.